The zero-order chi connectivity index (χ0) is 11.9. The molecule has 2 rings (SSSR count). The van der Waals surface area contributed by atoms with E-state index in [1.165, 1.54) is 12.1 Å². The molecule has 1 aromatic carbocycles. The second-order valence-corrected chi connectivity index (χ2v) is 4.11. The van der Waals surface area contributed by atoms with Crippen LogP contribution in [0.25, 0.3) is 0 Å². The van der Waals surface area contributed by atoms with Crippen molar-refractivity contribution in [2.24, 2.45) is 5.73 Å². The lowest BCUT2D eigenvalue weighted by atomic mass is 9.87. The Labute approximate surface area is 91.5 Å². The highest BCUT2D eigenvalue weighted by atomic mass is 19.1. The van der Waals surface area contributed by atoms with Crippen LogP contribution < -0.4 is 5.73 Å². The number of rotatable bonds is 3. The number of carbonyl (C=O) groups is 1. The van der Waals surface area contributed by atoms with Gasteiger partial charge in [0.25, 0.3) is 0 Å². The van der Waals surface area contributed by atoms with Gasteiger partial charge in [-0.3, -0.25) is 4.79 Å². The van der Waals surface area contributed by atoms with E-state index in [2.05, 4.69) is 0 Å². The molecule has 5 heteroatoms. The first-order valence-electron chi connectivity index (χ1n) is 4.95. The molecule has 1 fully saturated rings. The molecule has 0 bridgehead atoms. The predicted molar refractivity (Wildman–Crippen MR) is 54.6 cm³/mol. The van der Waals surface area contributed by atoms with Crippen molar-refractivity contribution >= 4 is 5.97 Å². The largest absolute Gasteiger partial charge is 0.505 e. The molecule has 0 aliphatic heterocycles. The monoisotopic (exact) mass is 225 g/mol. The lowest BCUT2D eigenvalue weighted by Crippen LogP contribution is -2.42. The fourth-order valence-corrected chi connectivity index (χ4v) is 2.04. The van der Waals surface area contributed by atoms with Gasteiger partial charge in [-0.25, -0.2) is 4.39 Å². The van der Waals surface area contributed by atoms with Crippen molar-refractivity contribution in [1.82, 2.24) is 0 Å². The van der Waals surface area contributed by atoms with Gasteiger partial charge in [0.2, 0.25) is 0 Å². The van der Waals surface area contributed by atoms with E-state index in [1.807, 2.05) is 0 Å². The van der Waals surface area contributed by atoms with E-state index in [9.17, 15) is 14.3 Å². The number of carboxylic acid groups (broad SMARTS) is 1. The average molecular weight is 225 g/mol. The number of benzene rings is 1. The van der Waals surface area contributed by atoms with Crippen LogP contribution in [0.2, 0.25) is 0 Å². The van der Waals surface area contributed by atoms with Crippen molar-refractivity contribution in [3.63, 3.8) is 0 Å². The maximum Gasteiger partial charge on any atom is 0.321 e. The minimum absolute atomic E-state index is 0.294. The van der Waals surface area contributed by atoms with Crippen LogP contribution in [0, 0.1) is 5.82 Å². The lowest BCUT2D eigenvalue weighted by molar-refractivity contribution is -0.139. The van der Waals surface area contributed by atoms with Crippen molar-refractivity contribution in [3.05, 3.63) is 29.6 Å². The number of nitrogens with two attached hydrogens (primary N) is 1. The molecule has 86 valence electrons. The third-order valence-electron chi connectivity index (χ3n) is 3.17. The van der Waals surface area contributed by atoms with Crippen LogP contribution in [-0.4, -0.2) is 22.2 Å². The number of aromatic hydroxyl groups is 1. The maximum absolute atomic E-state index is 13.2. The number of phenolic OH excluding ortho intramolecular Hbond substituents is 1. The number of para-hydroxylation sites is 1. The van der Waals surface area contributed by atoms with Crippen LogP contribution in [0.1, 0.15) is 18.4 Å². The van der Waals surface area contributed by atoms with Gasteiger partial charge in [0.1, 0.15) is 6.04 Å². The Hall–Kier alpha value is -1.62. The van der Waals surface area contributed by atoms with E-state index < -0.39 is 29.0 Å². The third kappa shape index (κ3) is 1.44. The van der Waals surface area contributed by atoms with Gasteiger partial charge < -0.3 is 15.9 Å². The Morgan fingerprint density at radius 3 is 2.62 bits per heavy atom. The summed E-state index contributed by atoms with van der Waals surface area (Å²) in [4.78, 5) is 10.9. The number of carboxylic acids is 1. The van der Waals surface area contributed by atoms with Crippen LogP contribution in [0.5, 0.6) is 5.75 Å². The number of aliphatic carboxylic acids is 1. The highest BCUT2D eigenvalue weighted by Gasteiger charge is 2.53. The molecule has 4 nitrogen and oxygen atoms in total. The Morgan fingerprint density at radius 1 is 1.50 bits per heavy atom. The molecular weight excluding hydrogens is 213 g/mol. The predicted octanol–water partition coefficient (Wildman–Crippen LogP) is 0.975. The van der Waals surface area contributed by atoms with E-state index >= 15 is 0 Å². The van der Waals surface area contributed by atoms with Crippen molar-refractivity contribution in [3.8, 4) is 5.75 Å². The van der Waals surface area contributed by atoms with Crippen LogP contribution in [-0.2, 0) is 10.2 Å². The minimum Gasteiger partial charge on any atom is -0.505 e. The van der Waals surface area contributed by atoms with Gasteiger partial charge in [-0.2, -0.15) is 0 Å². The SMILES string of the molecule is NC(C(=O)O)C1(c2cccc(F)c2O)CC1. The van der Waals surface area contributed by atoms with Crippen LogP contribution in [0.3, 0.4) is 0 Å². The average Bonchev–Trinajstić information content (AvgIpc) is 3.02. The topological polar surface area (TPSA) is 83.6 Å². The number of hydrogen-bond donors (Lipinski definition) is 3. The normalized spacial score (nSPS) is 19.1. The molecule has 1 unspecified atom stereocenters. The molecule has 1 aromatic rings. The van der Waals surface area contributed by atoms with E-state index in [0.717, 1.165) is 6.07 Å². The van der Waals surface area contributed by atoms with Crippen molar-refractivity contribution in [2.45, 2.75) is 24.3 Å². The number of hydrogen-bond acceptors (Lipinski definition) is 3. The molecule has 16 heavy (non-hydrogen) atoms. The highest BCUT2D eigenvalue weighted by molar-refractivity contribution is 5.77. The molecule has 0 saturated heterocycles. The quantitative estimate of drug-likeness (QED) is 0.715. The maximum atomic E-state index is 13.2. The molecule has 1 atom stereocenters. The van der Waals surface area contributed by atoms with Gasteiger partial charge in [0.15, 0.2) is 11.6 Å². The van der Waals surface area contributed by atoms with E-state index in [0.29, 0.717) is 18.4 Å². The Kier molecular flexibility index (Phi) is 2.35. The van der Waals surface area contributed by atoms with Crippen molar-refractivity contribution in [2.75, 3.05) is 0 Å². The van der Waals surface area contributed by atoms with E-state index in [1.54, 1.807) is 0 Å². The Morgan fingerprint density at radius 2 is 2.12 bits per heavy atom. The summed E-state index contributed by atoms with van der Waals surface area (Å²) in [7, 11) is 0. The molecule has 0 radical (unpaired) electrons. The number of halogens is 1. The molecule has 0 spiro atoms. The standard InChI is InChI=1S/C11H12FNO3/c12-7-3-1-2-6(8(7)14)11(4-5-11)9(13)10(15)16/h1-3,9,14H,4-5,13H2,(H,15,16). The second-order valence-electron chi connectivity index (χ2n) is 4.11. The Balaban J connectivity index is 2.45. The van der Waals surface area contributed by atoms with Gasteiger partial charge in [0.05, 0.1) is 0 Å². The van der Waals surface area contributed by atoms with Crippen molar-refractivity contribution in [1.29, 1.82) is 0 Å². The Bertz CT molecular complexity index is 443. The van der Waals surface area contributed by atoms with Crippen LogP contribution in [0.15, 0.2) is 18.2 Å². The van der Waals surface area contributed by atoms with Gasteiger partial charge in [0, 0.05) is 11.0 Å². The fourth-order valence-electron chi connectivity index (χ4n) is 2.04. The third-order valence-corrected chi connectivity index (χ3v) is 3.17. The molecule has 1 aliphatic carbocycles. The van der Waals surface area contributed by atoms with Crippen molar-refractivity contribution < 1.29 is 19.4 Å². The second kappa shape index (κ2) is 3.45. The number of phenols is 1. The minimum atomic E-state index is -1.14. The van der Waals surface area contributed by atoms with Crippen LogP contribution in [0.4, 0.5) is 4.39 Å². The summed E-state index contributed by atoms with van der Waals surface area (Å²) in [6.45, 7) is 0. The molecule has 1 aliphatic rings. The molecule has 0 aromatic heterocycles. The fraction of sp³-hybridized carbons (Fsp3) is 0.364. The lowest BCUT2D eigenvalue weighted by Gasteiger charge is -2.21. The molecule has 0 amide bonds. The molecule has 4 N–H and O–H groups in total. The first-order valence-corrected chi connectivity index (χ1v) is 4.95. The van der Waals surface area contributed by atoms with E-state index in [-0.39, 0.29) is 0 Å². The first-order chi connectivity index (χ1) is 7.49. The van der Waals surface area contributed by atoms with Crippen LogP contribution >= 0.6 is 0 Å². The zero-order valence-corrected chi connectivity index (χ0v) is 8.48. The van der Waals surface area contributed by atoms with Gasteiger partial charge in [-0.1, -0.05) is 12.1 Å². The van der Waals surface area contributed by atoms with Gasteiger partial charge in [-0.15, -0.1) is 0 Å². The summed E-state index contributed by atoms with van der Waals surface area (Å²) < 4.78 is 13.2. The summed E-state index contributed by atoms with van der Waals surface area (Å²) >= 11 is 0. The smallest absolute Gasteiger partial charge is 0.321 e. The summed E-state index contributed by atoms with van der Waals surface area (Å²) in [6, 6.07) is 2.98. The summed E-state index contributed by atoms with van der Waals surface area (Å²) in [6.07, 6.45) is 1.11. The molecule has 1 saturated carbocycles. The summed E-state index contributed by atoms with van der Waals surface area (Å²) in [5.41, 5.74) is 5.06. The summed E-state index contributed by atoms with van der Waals surface area (Å²) in [5.74, 6) is -2.38. The van der Waals surface area contributed by atoms with Gasteiger partial charge >= 0.3 is 5.97 Å². The first kappa shape index (κ1) is 10.9. The van der Waals surface area contributed by atoms with E-state index in [4.69, 9.17) is 10.8 Å². The highest BCUT2D eigenvalue weighted by Crippen LogP contribution is 2.53. The molecular formula is C11H12FNO3. The zero-order valence-electron chi connectivity index (χ0n) is 8.48. The molecule has 0 heterocycles. The van der Waals surface area contributed by atoms with Gasteiger partial charge in [-0.05, 0) is 18.9 Å². The summed E-state index contributed by atoms with van der Waals surface area (Å²) in [5, 5.41) is 18.5.